The number of nitrogens with zero attached hydrogens (tertiary/aromatic N) is 1. The molecular formula is C11H12BrNO. The van der Waals surface area contributed by atoms with Gasteiger partial charge in [-0.15, -0.1) is 0 Å². The average molecular weight is 254 g/mol. The van der Waals surface area contributed by atoms with Crippen LogP contribution in [0.3, 0.4) is 0 Å². The maximum Gasteiger partial charge on any atom is 0.253 e. The highest BCUT2D eigenvalue weighted by Crippen LogP contribution is 2.18. The third kappa shape index (κ3) is 1.82. The van der Waals surface area contributed by atoms with Gasteiger partial charge in [0.25, 0.3) is 5.91 Å². The Kier molecular flexibility index (Phi) is 2.59. The lowest BCUT2D eigenvalue weighted by Gasteiger charge is -2.31. The molecular weight excluding hydrogens is 242 g/mol. The fourth-order valence-corrected chi connectivity index (χ4v) is 2.17. The van der Waals surface area contributed by atoms with Gasteiger partial charge in [-0.1, -0.05) is 15.9 Å². The number of carbonyl (C=O) groups excluding carboxylic acids is 1. The van der Waals surface area contributed by atoms with Crippen LogP contribution in [-0.4, -0.2) is 23.9 Å². The standard InChI is InChI=1S/C11H12BrNO/c1-8-5-9(7-10(12)6-8)11(14)13-3-2-4-13/h5-7H,2-4H2,1H3. The van der Waals surface area contributed by atoms with E-state index < -0.39 is 0 Å². The van der Waals surface area contributed by atoms with Gasteiger partial charge < -0.3 is 4.90 Å². The monoisotopic (exact) mass is 253 g/mol. The molecule has 1 saturated heterocycles. The molecule has 3 heteroatoms. The molecule has 0 aliphatic carbocycles. The Morgan fingerprint density at radius 3 is 2.57 bits per heavy atom. The van der Waals surface area contributed by atoms with E-state index in [1.54, 1.807) is 0 Å². The minimum atomic E-state index is 0.153. The molecule has 0 spiro atoms. The number of rotatable bonds is 1. The summed E-state index contributed by atoms with van der Waals surface area (Å²) in [5.41, 5.74) is 1.90. The number of benzene rings is 1. The second kappa shape index (κ2) is 3.73. The summed E-state index contributed by atoms with van der Waals surface area (Å²) in [5, 5.41) is 0. The van der Waals surface area contributed by atoms with Crippen molar-refractivity contribution in [1.29, 1.82) is 0 Å². The molecule has 1 amide bonds. The Labute approximate surface area is 92.0 Å². The zero-order valence-electron chi connectivity index (χ0n) is 8.09. The van der Waals surface area contributed by atoms with E-state index >= 15 is 0 Å². The van der Waals surface area contributed by atoms with Gasteiger partial charge in [0.2, 0.25) is 0 Å². The number of aryl methyl sites for hydroxylation is 1. The van der Waals surface area contributed by atoms with E-state index in [9.17, 15) is 4.79 Å². The van der Waals surface area contributed by atoms with Gasteiger partial charge in [-0.25, -0.2) is 0 Å². The van der Waals surface area contributed by atoms with Gasteiger partial charge in [0.15, 0.2) is 0 Å². The molecule has 1 aliphatic heterocycles. The van der Waals surface area contributed by atoms with Crippen molar-refractivity contribution in [3.05, 3.63) is 33.8 Å². The van der Waals surface area contributed by atoms with Crippen LogP contribution >= 0.6 is 15.9 Å². The van der Waals surface area contributed by atoms with Crippen LogP contribution < -0.4 is 0 Å². The van der Waals surface area contributed by atoms with Crippen molar-refractivity contribution >= 4 is 21.8 Å². The van der Waals surface area contributed by atoms with Crippen molar-refractivity contribution in [1.82, 2.24) is 4.90 Å². The van der Waals surface area contributed by atoms with Crippen LogP contribution in [0.5, 0.6) is 0 Å². The largest absolute Gasteiger partial charge is 0.339 e. The SMILES string of the molecule is Cc1cc(Br)cc(C(=O)N2CCC2)c1. The lowest BCUT2D eigenvalue weighted by atomic mass is 10.1. The second-order valence-electron chi connectivity index (χ2n) is 3.66. The smallest absolute Gasteiger partial charge is 0.253 e. The molecule has 0 unspecified atom stereocenters. The molecule has 0 atom stereocenters. The number of carbonyl (C=O) groups is 1. The van der Waals surface area contributed by atoms with E-state index in [1.165, 1.54) is 0 Å². The van der Waals surface area contributed by atoms with E-state index in [-0.39, 0.29) is 5.91 Å². The summed E-state index contributed by atoms with van der Waals surface area (Å²) < 4.78 is 0.973. The summed E-state index contributed by atoms with van der Waals surface area (Å²) in [6.45, 7) is 3.81. The molecule has 1 heterocycles. The Hall–Kier alpha value is -0.830. The van der Waals surface area contributed by atoms with Gasteiger partial charge in [0, 0.05) is 23.1 Å². The molecule has 0 bridgehead atoms. The fourth-order valence-electron chi connectivity index (χ4n) is 1.56. The van der Waals surface area contributed by atoms with E-state index in [0.717, 1.165) is 35.1 Å². The zero-order valence-corrected chi connectivity index (χ0v) is 9.67. The predicted octanol–water partition coefficient (Wildman–Crippen LogP) is 2.60. The van der Waals surface area contributed by atoms with Gasteiger partial charge in [-0.05, 0) is 37.1 Å². The third-order valence-electron chi connectivity index (χ3n) is 2.43. The molecule has 2 nitrogen and oxygen atoms in total. The lowest BCUT2D eigenvalue weighted by molar-refractivity contribution is 0.0651. The van der Waals surface area contributed by atoms with Gasteiger partial charge >= 0.3 is 0 Å². The normalized spacial score (nSPS) is 15.1. The summed E-state index contributed by atoms with van der Waals surface area (Å²) in [5.74, 6) is 0.153. The summed E-state index contributed by atoms with van der Waals surface area (Å²) in [6.07, 6.45) is 1.14. The molecule has 0 saturated carbocycles. The van der Waals surface area contributed by atoms with Crippen LogP contribution in [0.1, 0.15) is 22.3 Å². The van der Waals surface area contributed by atoms with Crippen molar-refractivity contribution < 1.29 is 4.79 Å². The first-order valence-corrected chi connectivity index (χ1v) is 5.52. The average Bonchev–Trinajstić information content (AvgIpc) is 1.98. The highest BCUT2D eigenvalue weighted by molar-refractivity contribution is 9.10. The van der Waals surface area contributed by atoms with E-state index in [2.05, 4.69) is 15.9 Å². The van der Waals surface area contributed by atoms with Gasteiger partial charge in [-0.2, -0.15) is 0 Å². The van der Waals surface area contributed by atoms with E-state index in [4.69, 9.17) is 0 Å². The molecule has 1 aromatic rings. The predicted molar refractivity (Wildman–Crippen MR) is 59.4 cm³/mol. The van der Waals surface area contributed by atoms with Crippen molar-refractivity contribution in [2.45, 2.75) is 13.3 Å². The number of halogens is 1. The molecule has 0 aromatic heterocycles. The maximum atomic E-state index is 11.8. The van der Waals surface area contributed by atoms with Crippen LogP contribution in [-0.2, 0) is 0 Å². The molecule has 2 rings (SSSR count). The first-order valence-electron chi connectivity index (χ1n) is 4.73. The highest BCUT2D eigenvalue weighted by atomic mass is 79.9. The minimum absolute atomic E-state index is 0.153. The number of hydrogen-bond acceptors (Lipinski definition) is 1. The summed E-state index contributed by atoms with van der Waals surface area (Å²) in [7, 11) is 0. The van der Waals surface area contributed by atoms with Crippen molar-refractivity contribution in [2.24, 2.45) is 0 Å². The lowest BCUT2D eigenvalue weighted by Crippen LogP contribution is -2.42. The number of amides is 1. The Bertz CT molecular complexity index is 351. The Morgan fingerprint density at radius 2 is 2.07 bits per heavy atom. The topological polar surface area (TPSA) is 20.3 Å². The van der Waals surface area contributed by atoms with Crippen molar-refractivity contribution in [2.75, 3.05) is 13.1 Å². The van der Waals surface area contributed by atoms with Gasteiger partial charge in [0.05, 0.1) is 0 Å². The fraction of sp³-hybridized carbons (Fsp3) is 0.364. The first kappa shape index (κ1) is 9.71. The Balaban J connectivity index is 2.26. The quantitative estimate of drug-likeness (QED) is 0.754. The van der Waals surface area contributed by atoms with E-state index in [1.807, 2.05) is 30.0 Å². The molecule has 0 N–H and O–H groups in total. The summed E-state index contributed by atoms with van der Waals surface area (Å²) in [4.78, 5) is 13.7. The molecule has 1 fully saturated rings. The van der Waals surface area contributed by atoms with Crippen LogP contribution in [0.4, 0.5) is 0 Å². The van der Waals surface area contributed by atoms with Crippen LogP contribution in [0.2, 0.25) is 0 Å². The van der Waals surface area contributed by atoms with Gasteiger partial charge in [0.1, 0.15) is 0 Å². The summed E-state index contributed by atoms with van der Waals surface area (Å²) in [6, 6.07) is 5.83. The molecule has 1 aromatic carbocycles. The van der Waals surface area contributed by atoms with Crippen molar-refractivity contribution in [3.8, 4) is 0 Å². The number of hydrogen-bond donors (Lipinski definition) is 0. The minimum Gasteiger partial charge on any atom is -0.339 e. The molecule has 14 heavy (non-hydrogen) atoms. The van der Waals surface area contributed by atoms with Crippen LogP contribution in [0.25, 0.3) is 0 Å². The van der Waals surface area contributed by atoms with Crippen LogP contribution in [0, 0.1) is 6.92 Å². The first-order chi connectivity index (χ1) is 6.66. The number of likely N-dealkylation sites (tertiary alicyclic amines) is 1. The summed E-state index contributed by atoms with van der Waals surface area (Å²) >= 11 is 3.40. The molecule has 1 aliphatic rings. The van der Waals surface area contributed by atoms with Crippen molar-refractivity contribution in [3.63, 3.8) is 0 Å². The maximum absolute atomic E-state index is 11.8. The van der Waals surface area contributed by atoms with E-state index in [0.29, 0.717) is 0 Å². The van der Waals surface area contributed by atoms with Crippen LogP contribution in [0.15, 0.2) is 22.7 Å². The highest BCUT2D eigenvalue weighted by Gasteiger charge is 2.21. The zero-order chi connectivity index (χ0) is 10.1. The van der Waals surface area contributed by atoms with Gasteiger partial charge in [-0.3, -0.25) is 4.79 Å². The molecule has 74 valence electrons. The molecule has 0 radical (unpaired) electrons. The second-order valence-corrected chi connectivity index (χ2v) is 4.58. The third-order valence-corrected chi connectivity index (χ3v) is 2.89. The Morgan fingerprint density at radius 1 is 1.36 bits per heavy atom.